The summed E-state index contributed by atoms with van der Waals surface area (Å²) in [4.78, 5) is 13.4. The Balaban J connectivity index is 1.40. The molecule has 3 fully saturated rings. The first kappa shape index (κ1) is 38.2. The number of phenols is 2. The Labute approximate surface area is 293 Å². The molecule has 19 nitrogen and oxygen atoms in total. The summed E-state index contributed by atoms with van der Waals surface area (Å²) in [6.07, 6.45) is -25.5. The highest BCUT2D eigenvalue weighted by atomic mass is 16.7. The van der Waals surface area contributed by atoms with Crippen LogP contribution in [0, 0.1) is 0 Å². The summed E-state index contributed by atoms with van der Waals surface area (Å²) in [5.74, 6) is -1.47. The normalized spacial score (nSPS) is 38.3. The molecule has 15 atom stereocenters. The van der Waals surface area contributed by atoms with Crippen LogP contribution in [-0.2, 0) is 18.9 Å². The summed E-state index contributed by atoms with van der Waals surface area (Å²) in [7, 11) is 0. The second-order valence-corrected chi connectivity index (χ2v) is 12.9. The van der Waals surface area contributed by atoms with Gasteiger partial charge in [0.05, 0.1) is 24.9 Å². The van der Waals surface area contributed by atoms with Crippen LogP contribution in [0.15, 0.2) is 45.6 Å². The van der Waals surface area contributed by atoms with E-state index >= 15 is 0 Å². The number of hydrogen-bond acceptors (Lipinski definition) is 19. The molecular formula is C33H40O19. The summed E-state index contributed by atoms with van der Waals surface area (Å²) >= 11 is 0. The fourth-order valence-electron chi connectivity index (χ4n) is 6.40. The number of ether oxygens (including phenoxy) is 5. The maximum absolute atomic E-state index is 13.4. The largest absolute Gasteiger partial charge is 0.508 e. The van der Waals surface area contributed by atoms with Gasteiger partial charge < -0.3 is 89.4 Å². The minimum Gasteiger partial charge on any atom is -0.508 e. The van der Waals surface area contributed by atoms with Crippen molar-refractivity contribution in [1.82, 2.24) is 0 Å². The molecule has 19 heteroatoms. The van der Waals surface area contributed by atoms with E-state index in [9.17, 15) is 66.1 Å². The van der Waals surface area contributed by atoms with Gasteiger partial charge >= 0.3 is 0 Å². The molecular weight excluding hydrogens is 700 g/mol. The Morgan fingerprint density at radius 2 is 1.31 bits per heavy atom. The maximum Gasteiger partial charge on any atom is 0.229 e. The first-order valence-electron chi connectivity index (χ1n) is 16.2. The number of rotatable bonds is 8. The standard InChI is InChI=1S/C33H40O19/c1-10-21(38)24(41)28(45)32(48-10)47-9-18-23(40)26(43)29(46)33(52-18)51-16-7-14(37)19-13(36)6-15(11-2-4-12(35)5-3-11)49-30(19)20(16)31-27(44)25(42)22(39)17(8-34)50-31/h2-7,10,17-18,21-29,31-35,37-46H,8-9H2,1H3/t10-,17-,18+,21-,22+,23+,24-,25-,26-,27-,28+,29-,31-,32+,33+/m0/s1. The molecule has 0 saturated carbocycles. The Bertz CT molecular complexity index is 1760. The molecule has 4 heterocycles. The van der Waals surface area contributed by atoms with Gasteiger partial charge in [0.1, 0.15) is 102 Å². The highest BCUT2D eigenvalue weighted by Gasteiger charge is 2.50. The van der Waals surface area contributed by atoms with Gasteiger partial charge in [0, 0.05) is 17.7 Å². The number of aliphatic hydroxyl groups excluding tert-OH is 10. The average molecular weight is 741 g/mol. The van der Waals surface area contributed by atoms with Gasteiger partial charge in [0.15, 0.2) is 17.3 Å². The van der Waals surface area contributed by atoms with Crippen LogP contribution in [0.3, 0.4) is 0 Å². The number of hydrogen-bond donors (Lipinski definition) is 12. The van der Waals surface area contributed by atoms with Crippen LogP contribution in [-0.4, -0.2) is 160 Å². The molecule has 0 spiro atoms. The zero-order valence-corrected chi connectivity index (χ0v) is 27.3. The Morgan fingerprint density at radius 3 is 1.98 bits per heavy atom. The number of benzene rings is 2. The lowest BCUT2D eigenvalue weighted by Gasteiger charge is -2.43. The highest BCUT2D eigenvalue weighted by Crippen LogP contribution is 2.45. The van der Waals surface area contributed by atoms with E-state index in [1.807, 2.05) is 0 Å². The van der Waals surface area contributed by atoms with Crippen LogP contribution in [0.2, 0.25) is 0 Å². The Kier molecular flexibility index (Phi) is 11.1. The maximum atomic E-state index is 13.4. The highest BCUT2D eigenvalue weighted by molar-refractivity contribution is 5.89. The molecule has 0 bridgehead atoms. The number of fused-ring (bicyclic) bond motifs is 1. The lowest BCUT2D eigenvalue weighted by molar-refractivity contribution is -0.318. The van der Waals surface area contributed by atoms with Crippen LogP contribution in [0.1, 0.15) is 18.6 Å². The van der Waals surface area contributed by atoms with Gasteiger partial charge in [-0.15, -0.1) is 0 Å². The smallest absolute Gasteiger partial charge is 0.229 e. The van der Waals surface area contributed by atoms with Crippen LogP contribution in [0.25, 0.3) is 22.3 Å². The van der Waals surface area contributed by atoms with E-state index in [0.29, 0.717) is 0 Å². The van der Waals surface area contributed by atoms with Gasteiger partial charge in [-0.2, -0.15) is 0 Å². The van der Waals surface area contributed by atoms with Crippen molar-refractivity contribution >= 4 is 11.0 Å². The Morgan fingerprint density at radius 1 is 0.692 bits per heavy atom. The van der Waals surface area contributed by atoms with Crippen molar-refractivity contribution in [1.29, 1.82) is 0 Å². The van der Waals surface area contributed by atoms with Crippen LogP contribution < -0.4 is 10.2 Å². The molecule has 0 amide bonds. The van der Waals surface area contributed by atoms with Crippen molar-refractivity contribution in [3.8, 4) is 28.6 Å². The molecule has 12 N–H and O–H groups in total. The zero-order chi connectivity index (χ0) is 37.8. The summed E-state index contributed by atoms with van der Waals surface area (Å²) in [5.41, 5.74) is -1.38. The van der Waals surface area contributed by atoms with Gasteiger partial charge in [0.25, 0.3) is 0 Å². The predicted molar refractivity (Wildman–Crippen MR) is 170 cm³/mol. The fraction of sp³-hybridized carbons (Fsp3) is 0.545. The molecule has 6 rings (SSSR count). The van der Waals surface area contributed by atoms with Crippen molar-refractivity contribution in [3.63, 3.8) is 0 Å². The van der Waals surface area contributed by atoms with Gasteiger partial charge in [-0.25, -0.2) is 0 Å². The van der Waals surface area contributed by atoms with Crippen LogP contribution >= 0.6 is 0 Å². The van der Waals surface area contributed by atoms with Gasteiger partial charge in [-0.1, -0.05) is 0 Å². The molecule has 52 heavy (non-hydrogen) atoms. The summed E-state index contributed by atoms with van der Waals surface area (Å²) in [5, 5.41) is 125. The second-order valence-electron chi connectivity index (χ2n) is 12.9. The molecule has 286 valence electrons. The number of aromatic hydroxyl groups is 2. The predicted octanol–water partition coefficient (Wildman–Crippen LogP) is -3.58. The lowest BCUT2D eigenvalue weighted by Crippen LogP contribution is -2.61. The molecule has 3 aliphatic rings. The average Bonchev–Trinajstić information content (AvgIpc) is 3.12. The van der Waals surface area contributed by atoms with E-state index in [-0.39, 0.29) is 22.6 Å². The second kappa shape index (κ2) is 15.1. The molecule has 1 aromatic heterocycles. The number of phenolic OH excluding ortho intramolecular Hbond substituents is 2. The minimum atomic E-state index is -2.02. The van der Waals surface area contributed by atoms with Crippen molar-refractivity contribution in [2.75, 3.05) is 13.2 Å². The third-order valence-corrected chi connectivity index (χ3v) is 9.46. The van der Waals surface area contributed by atoms with Crippen molar-refractivity contribution in [2.24, 2.45) is 0 Å². The summed E-state index contributed by atoms with van der Waals surface area (Å²) in [6.45, 7) is -0.0793. The van der Waals surface area contributed by atoms with Gasteiger partial charge in [-0.3, -0.25) is 4.79 Å². The molecule has 2 aromatic carbocycles. The van der Waals surface area contributed by atoms with E-state index < -0.39 is 133 Å². The van der Waals surface area contributed by atoms with E-state index in [0.717, 1.165) is 12.1 Å². The van der Waals surface area contributed by atoms with Crippen molar-refractivity contribution in [3.05, 3.63) is 52.2 Å². The third kappa shape index (κ3) is 6.97. The molecule has 0 unspecified atom stereocenters. The Hall–Kier alpha value is -3.51. The molecule has 0 radical (unpaired) electrons. The quantitative estimate of drug-likeness (QED) is 0.106. The monoisotopic (exact) mass is 740 g/mol. The minimum absolute atomic E-state index is 0.0994. The van der Waals surface area contributed by atoms with Crippen LogP contribution in [0.5, 0.6) is 17.2 Å². The first-order chi connectivity index (χ1) is 24.6. The SMILES string of the molecule is C[C@@H]1O[C@@H](OC[C@H]2O[C@@H](Oc3cc(O)c4c(=O)cc(-c5ccc(O)cc5)oc4c3[C@@H]3O[C@@H](CO)[C@@H](O)[C@H](O)[C@@H]3O)[C@@H](O)[C@@H](O)[C@@H]2O)[C@H](O)[C@@H](O)[C@H]1O. The first-order valence-corrected chi connectivity index (χ1v) is 16.2. The van der Waals surface area contributed by atoms with Crippen LogP contribution in [0.4, 0.5) is 0 Å². The lowest BCUT2D eigenvalue weighted by atomic mass is 9.89. The molecule has 0 aliphatic carbocycles. The topological polar surface area (TPSA) is 319 Å². The summed E-state index contributed by atoms with van der Waals surface area (Å²) < 4.78 is 34.4. The van der Waals surface area contributed by atoms with Crippen molar-refractivity contribution < 1.29 is 89.4 Å². The van der Waals surface area contributed by atoms with Crippen molar-refractivity contribution in [2.45, 2.75) is 98.9 Å². The molecule has 3 saturated heterocycles. The van der Waals surface area contributed by atoms with E-state index in [2.05, 4.69) is 0 Å². The van der Waals surface area contributed by atoms with E-state index in [1.165, 1.54) is 31.2 Å². The number of aliphatic hydroxyl groups is 10. The third-order valence-electron chi connectivity index (χ3n) is 9.46. The molecule has 3 aromatic rings. The van der Waals surface area contributed by atoms with E-state index in [1.54, 1.807) is 0 Å². The van der Waals surface area contributed by atoms with Gasteiger partial charge in [-0.05, 0) is 31.2 Å². The van der Waals surface area contributed by atoms with E-state index in [4.69, 9.17) is 28.1 Å². The fourth-order valence-corrected chi connectivity index (χ4v) is 6.40. The summed E-state index contributed by atoms with van der Waals surface area (Å²) in [6, 6.07) is 7.35. The molecule has 3 aliphatic heterocycles. The zero-order valence-electron chi connectivity index (χ0n) is 27.3. The van der Waals surface area contributed by atoms with Gasteiger partial charge in [0.2, 0.25) is 6.29 Å².